The largest absolute Gasteiger partial charge is 0.464 e. The van der Waals surface area contributed by atoms with E-state index < -0.39 is 74.1 Å². The number of rotatable bonds is 17. The van der Waals surface area contributed by atoms with Crippen molar-refractivity contribution in [2.45, 2.75) is 91.3 Å². The van der Waals surface area contributed by atoms with Gasteiger partial charge in [-0.1, -0.05) is 72.6 Å². The lowest BCUT2D eigenvalue weighted by atomic mass is 9.92. The maximum Gasteiger partial charge on any atom is 0.459 e. The number of hydrogen-bond acceptors (Lipinski definition) is 14. The molecule has 282 valence electrons. The van der Waals surface area contributed by atoms with Crippen LogP contribution in [0.2, 0.25) is 0 Å². The summed E-state index contributed by atoms with van der Waals surface area (Å²) >= 11 is 0. The molecule has 0 unspecified atom stereocenters. The van der Waals surface area contributed by atoms with Crippen molar-refractivity contribution in [3.05, 3.63) is 54.5 Å². The van der Waals surface area contributed by atoms with Crippen molar-refractivity contribution >= 4 is 37.0 Å². The molecule has 0 amide bonds. The smallest absolute Gasteiger partial charge is 0.459 e. The van der Waals surface area contributed by atoms with Gasteiger partial charge in [0, 0.05) is 0 Å². The van der Waals surface area contributed by atoms with E-state index in [4.69, 9.17) is 33.7 Å². The van der Waals surface area contributed by atoms with Crippen LogP contribution in [0.15, 0.2) is 48.8 Å². The highest BCUT2D eigenvalue weighted by molar-refractivity contribution is 7.52. The van der Waals surface area contributed by atoms with Gasteiger partial charge in [0.25, 0.3) is 0 Å². The average molecular weight is 743 g/mol. The van der Waals surface area contributed by atoms with Gasteiger partial charge in [-0.3, -0.25) is 18.9 Å². The highest BCUT2D eigenvalue weighted by atomic mass is 31.2. The minimum Gasteiger partial charge on any atom is -0.464 e. The van der Waals surface area contributed by atoms with Crippen molar-refractivity contribution in [1.29, 1.82) is 5.26 Å². The van der Waals surface area contributed by atoms with Gasteiger partial charge < -0.3 is 29.2 Å². The summed E-state index contributed by atoms with van der Waals surface area (Å²) in [7, 11) is -4.47. The number of nitrogens with zero attached hydrogens (tertiary/aromatic N) is 4. The number of nitriles is 1. The molecule has 3 aromatic rings. The number of carbonyl (C=O) groups is 3. The topological polar surface area (TPSA) is 216 Å². The molecule has 0 bridgehead atoms. The van der Waals surface area contributed by atoms with Crippen molar-refractivity contribution in [3.8, 4) is 11.8 Å². The van der Waals surface area contributed by atoms with Gasteiger partial charge in [-0.05, 0) is 37.1 Å². The molecular weight excluding hydrogens is 695 g/mol. The van der Waals surface area contributed by atoms with E-state index in [-0.39, 0.29) is 29.8 Å². The van der Waals surface area contributed by atoms with Crippen LogP contribution < -0.4 is 15.3 Å². The molecule has 3 N–H and O–H groups in total. The number of para-hydroxylation sites is 1. The van der Waals surface area contributed by atoms with E-state index in [9.17, 15) is 24.2 Å². The molecule has 0 radical (unpaired) electrons. The molecule has 1 aliphatic rings. The predicted molar refractivity (Wildman–Crippen MR) is 187 cm³/mol. The Balaban J connectivity index is 1.74. The Hall–Kier alpha value is -4.55. The van der Waals surface area contributed by atoms with Gasteiger partial charge >= 0.3 is 25.7 Å². The Kier molecular flexibility index (Phi) is 13.4. The molecule has 17 heteroatoms. The highest BCUT2D eigenvalue weighted by Crippen LogP contribution is 2.48. The van der Waals surface area contributed by atoms with E-state index in [1.54, 1.807) is 64.1 Å². The first kappa shape index (κ1) is 40.2. The number of benzene rings is 1. The molecule has 1 aliphatic heterocycles. The number of esters is 3. The third-order valence-corrected chi connectivity index (χ3v) is 10.2. The van der Waals surface area contributed by atoms with Crippen molar-refractivity contribution < 1.29 is 46.9 Å². The lowest BCUT2D eigenvalue weighted by Crippen LogP contribution is -2.47. The molecule has 0 saturated carbocycles. The van der Waals surface area contributed by atoms with Crippen LogP contribution in [0.25, 0.3) is 5.52 Å². The Morgan fingerprint density at radius 3 is 2.29 bits per heavy atom. The Labute approximate surface area is 302 Å². The zero-order valence-corrected chi connectivity index (χ0v) is 31.3. The summed E-state index contributed by atoms with van der Waals surface area (Å²) < 4.78 is 51.2. The first-order chi connectivity index (χ1) is 24.7. The fourth-order valence-electron chi connectivity index (χ4n) is 5.36. The number of carbonyl (C=O) groups excluding carboxylic acids is 3. The molecule has 2 aromatic heterocycles. The quantitative estimate of drug-likeness (QED) is 0.109. The van der Waals surface area contributed by atoms with Crippen molar-refractivity contribution in [1.82, 2.24) is 19.7 Å². The summed E-state index contributed by atoms with van der Waals surface area (Å²) in [6.07, 6.45) is -1.62. The fourth-order valence-corrected chi connectivity index (χ4v) is 6.86. The predicted octanol–water partition coefficient (Wildman–Crippen LogP) is 4.73. The number of nitrogens with two attached hydrogens (primary N) is 1. The molecular formula is C35H47N6O10P. The Morgan fingerprint density at radius 2 is 1.67 bits per heavy atom. The Bertz CT molecular complexity index is 1790. The first-order valence-corrected chi connectivity index (χ1v) is 18.7. The molecule has 52 heavy (non-hydrogen) atoms. The summed E-state index contributed by atoms with van der Waals surface area (Å²) in [5.74, 6) is -2.97. The van der Waals surface area contributed by atoms with Crippen LogP contribution in [0.5, 0.6) is 5.75 Å². The SMILES string of the molecule is CCC(CC)COC(=O)[C@H](C)N[P@](=O)(OC[C@H]1O[C@@](C#N)(c2ccc3c(N)ncnn23)[C@H](OC(=O)C(C)C)[C@@H]1OC(=O)C(C)C)Oc1ccccc1. The second-order valence-corrected chi connectivity index (χ2v) is 14.8. The number of fused-ring (bicyclic) bond motifs is 1. The third kappa shape index (κ3) is 9.08. The summed E-state index contributed by atoms with van der Waals surface area (Å²) in [4.78, 5) is 43.3. The third-order valence-electron chi connectivity index (χ3n) is 8.57. The van der Waals surface area contributed by atoms with E-state index in [2.05, 4.69) is 21.2 Å². The number of hydrogen-bond donors (Lipinski definition) is 2. The molecule has 0 aliphatic carbocycles. The maximum atomic E-state index is 14.5. The summed E-state index contributed by atoms with van der Waals surface area (Å²) in [6.45, 7) is 11.4. The van der Waals surface area contributed by atoms with Gasteiger partial charge in [0.2, 0.25) is 5.60 Å². The van der Waals surface area contributed by atoms with E-state index >= 15 is 0 Å². The maximum absolute atomic E-state index is 14.5. The van der Waals surface area contributed by atoms with Crippen LogP contribution in [-0.2, 0) is 48.0 Å². The zero-order valence-electron chi connectivity index (χ0n) is 30.4. The minimum absolute atomic E-state index is 0.0874. The van der Waals surface area contributed by atoms with Crippen LogP contribution in [0.3, 0.4) is 0 Å². The van der Waals surface area contributed by atoms with E-state index in [0.717, 1.165) is 12.8 Å². The van der Waals surface area contributed by atoms with Gasteiger partial charge in [0.05, 0.1) is 30.7 Å². The molecule has 3 heterocycles. The highest BCUT2D eigenvalue weighted by Gasteiger charge is 2.63. The summed E-state index contributed by atoms with van der Waals surface area (Å²) in [5, 5.41) is 17.7. The van der Waals surface area contributed by atoms with E-state index in [1.807, 2.05) is 13.8 Å². The number of nitrogen functional groups attached to an aromatic ring is 1. The van der Waals surface area contributed by atoms with Crippen molar-refractivity contribution in [2.75, 3.05) is 18.9 Å². The second kappa shape index (κ2) is 17.3. The minimum atomic E-state index is -4.47. The van der Waals surface area contributed by atoms with Crippen LogP contribution >= 0.6 is 7.75 Å². The van der Waals surface area contributed by atoms with E-state index in [1.165, 1.54) is 23.8 Å². The number of anilines is 1. The summed E-state index contributed by atoms with van der Waals surface area (Å²) in [5.41, 5.74) is 4.34. The molecule has 1 fully saturated rings. The molecule has 0 spiro atoms. The lowest BCUT2D eigenvalue weighted by Gasteiger charge is -2.29. The Morgan fingerprint density at radius 1 is 1.02 bits per heavy atom. The van der Waals surface area contributed by atoms with Gasteiger partial charge in [0.15, 0.2) is 18.0 Å². The standard InChI is InChI=1S/C35H47N6O10P/c1-8-24(9-2)17-46-34(44)23(7)40-52(45,51-25-13-11-10-12-14-25)47-18-27-29(48-32(42)21(3)4)30(49-33(43)22(5)6)35(19-36,50-27)28-16-15-26-31(37)38-20-39-41(26)28/h10-16,20-24,27,29-30H,8-9,17-18H2,1-7H3,(H,40,45)(H2,37,38,39)/t23-,27+,29+,30+,35-,52-/m0/s1. The van der Waals surface area contributed by atoms with Crippen LogP contribution in [0.1, 0.15) is 67.0 Å². The lowest BCUT2D eigenvalue weighted by molar-refractivity contribution is -0.173. The van der Waals surface area contributed by atoms with Gasteiger partial charge in [-0.2, -0.15) is 15.4 Å². The number of aromatic nitrogens is 3. The molecule has 16 nitrogen and oxygen atoms in total. The molecule has 1 aromatic carbocycles. The van der Waals surface area contributed by atoms with Crippen molar-refractivity contribution in [2.24, 2.45) is 17.8 Å². The zero-order chi connectivity index (χ0) is 38.2. The molecule has 4 rings (SSSR count). The average Bonchev–Trinajstić information content (AvgIpc) is 3.68. The van der Waals surface area contributed by atoms with Crippen LogP contribution in [-0.4, -0.2) is 70.1 Å². The normalized spacial score (nSPS) is 21.8. The van der Waals surface area contributed by atoms with Crippen LogP contribution in [0, 0.1) is 29.1 Å². The second-order valence-electron chi connectivity index (χ2n) is 13.1. The monoisotopic (exact) mass is 742 g/mol. The number of nitrogens with one attached hydrogen (secondary N) is 1. The molecule has 6 atom stereocenters. The fraction of sp³-hybridized carbons (Fsp3) is 0.543. The first-order valence-electron chi connectivity index (χ1n) is 17.2. The van der Waals surface area contributed by atoms with Gasteiger partial charge in [-0.15, -0.1) is 0 Å². The molecule has 1 saturated heterocycles. The van der Waals surface area contributed by atoms with Crippen molar-refractivity contribution in [3.63, 3.8) is 0 Å². The number of ether oxygens (including phenoxy) is 4. The van der Waals surface area contributed by atoms with Gasteiger partial charge in [0.1, 0.15) is 35.8 Å². The van der Waals surface area contributed by atoms with Gasteiger partial charge in [-0.25, -0.2) is 14.1 Å². The van der Waals surface area contributed by atoms with E-state index in [0.29, 0.717) is 5.52 Å². The van der Waals surface area contributed by atoms with Crippen LogP contribution in [0.4, 0.5) is 5.82 Å². The summed E-state index contributed by atoms with van der Waals surface area (Å²) in [6, 6.07) is 12.2.